The predicted molar refractivity (Wildman–Crippen MR) is 84.2 cm³/mol. The molecule has 0 radical (unpaired) electrons. The molecule has 1 heterocycles. The summed E-state index contributed by atoms with van der Waals surface area (Å²) >= 11 is 0. The molecule has 20 heavy (non-hydrogen) atoms. The Labute approximate surface area is 120 Å². The van der Waals surface area contributed by atoms with Gasteiger partial charge in [-0.05, 0) is 24.5 Å². The smallest absolute Gasteiger partial charge is 0.139 e. The third-order valence-corrected chi connectivity index (χ3v) is 3.27. The number of hydrogen-bond donors (Lipinski definition) is 2. The molecular weight excluding hydrogens is 248 g/mol. The van der Waals surface area contributed by atoms with Crippen molar-refractivity contribution in [3.8, 4) is 0 Å². The highest BCUT2D eigenvalue weighted by Gasteiger charge is 2.10. The molecule has 0 aliphatic carbocycles. The SMILES string of the molecule is CCCc1ccccc1Nc1ncnc(N)c1CCC. The van der Waals surface area contributed by atoms with Crippen LogP contribution in [0.15, 0.2) is 30.6 Å². The number of aryl methyl sites for hydroxylation is 1. The molecule has 0 atom stereocenters. The maximum absolute atomic E-state index is 5.97. The van der Waals surface area contributed by atoms with Crippen molar-refractivity contribution >= 4 is 17.3 Å². The van der Waals surface area contributed by atoms with Crippen LogP contribution < -0.4 is 11.1 Å². The Kier molecular flexibility index (Phi) is 4.93. The molecule has 3 N–H and O–H groups in total. The molecule has 0 aliphatic rings. The number of nitrogens with zero attached hydrogens (tertiary/aromatic N) is 2. The van der Waals surface area contributed by atoms with Crippen molar-refractivity contribution in [1.29, 1.82) is 0 Å². The highest BCUT2D eigenvalue weighted by molar-refractivity contribution is 5.66. The zero-order chi connectivity index (χ0) is 14.4. The Balaban J connectivity index is 2.32. The molecule has 0 fully saturated rings. The first-order chi connectivity index (χ1) is 9.76. The second kappa shape index (κ2) is 6.89. The van der Waals surface area contributed by atoms with Crippen LogP contribution in [0, 0.1) is 0 Å². The van der Waals surface area contributed by atoms with Crippen molar-refractivity contribution in [3.05, 3.63) is 41.7 Å². The third-order valence-electron chi connectivity index (χ3n) is 3.27. The summed E-state index contributed by atoms with van der Waals surface area (Å²) in [7, 11) is 0. The highest BCUT2D eigenvalue weighted by Crippen LogP contribution is 2.25. The summed E-state index contributed by atoms with van der Waals surface area (Å²) in [5, 5.41) is 3.42. The quantitative estimate of drug-likeness (QED) is 0.840. The van der Waals surface area contributed by atoms with Crippen molar-refractivity contribution < 1.29 is 0 Å². The maximum atomic E-state index is 5.97. The number of para-hydroxylation sites is 1. The van der Waals surface area contributed by atoms with E-state index in [9.17, 15) is 0 Å². The second-order valence-corrected chi connectivity index (χ2v) is 4.87. The number of anilines is 3. The van der Waals surface area contributed by atoms with E-state index in [2.05, 4.69) is 47.3 Å². The van der Waals surface area contributed by atoms with Crippen LogP contribution in [0.5, 0.6) is 0 Å². The van der Waals surface area contributed by atoms with Gasteiger partial charge in [0, 0.05) is 11.3 Å². The first-order valence-electron chi connectivity index (χ1n) is 7.20. The van der Waals surface area contributed by atoms with Gasteiger partial charge in [-0.15, -0.1) is 0 Å². The number of nitrogens with two attached hydrogens (primary N) is 1. The minimum atomic E-state index is 0.567. The van der Waals surface area contributed by atoms with E-state index in [0.29, 0.717) is 5.82 Å². The summed E-state index contributed by atoms with van der Waals surface area (Å²) in [6.07, 6.45) is 5.58. The Morgan fingerprint density at radius 1 is 1.05 bits per heavy atom. The van der Waals surface area contributed by atoms with Gasteiger partial charge in [0.25, 0.3) is 0 Å². The van der Waals surface area contributed by atoms with E-state index < -0.39 is 0 Å². The fraction of sp³-hybridized carbons (Fsp3) is 0.375. The van der Waals surface area contributed by atoms with Crippen molar-refractivity contribution in [2.75, 3.05) is 11.1 Å². The minimum Gasteiger partial charge on any atom is -0.383 e. The normalized spacial score (nSPS) is 10.5. The molecule has 4 nitrogen and oxygen atoms in total. The van der Waals surface area contributed by atoms with Gasteiger partial charge in [0.05, 0.1) is 0 Å². The van der Waals surface area contributed by atoms with Crippen LogP contribution >= 0.6 is 0 Å². The van der Waals surface area contributed by atoms with Gasteiger partial charge in [0.15, 0.2) is 0 Å². The van der Waals surface area contributed by atoms with Crippen LogP contribution in [0.25, 0.3) is 0 Å². The largest absolute Gasteiger partial charge is 0.383 e. The van der Waals surface area contributed by atoms with Crippen LogP contribution in [0.3, 0.4) is 0 Å². The monoisotopic (exact) mass is 270 g/mol. The van der Waals surface area contributed by atoms with Gasteiger partial charge < -0.3 is 11.1 Å². The van der Waals surface area contributed by atoms with E-state index >= 15 is 0 Å². The van der Waals surface area contributed by atoms with Crippen LogP contribution in [0.4, 0.5) is 17.3 Å². The summed E-state index contributed by atoms with van der Waals surface area (Å²) in [6.45, 7) is 4.31. The third kappa shape index (κ3) is 3.26. The molecule has 0 saturated carbocycles. The summed E-state index contributed by atoms with van der Waals surface area (Å²) < 4.78 is 0. The number of aromatic nitrogens is 2. The van der Waals surface area contributed by atoms with Gasteiger partial charge in [0.2, 0.25) is 0 Å². The molecular formula is C16H22N4. The highest BCUT2D eigenvalue weighted by atomic mass is 15.0. The standard InChI is InChI=1S/C16H22N4/c1-3-7-12-9-5-6-10-14(12)20-16-13(8-4-2)15(17)18-11-19-16/h5-6,9-11H,3-4,7-8H2,1-2H3,(H3,17,18,19,20). The Morgan fingerprint density at radius 2 is 1.80 bits per heavy atom. The molecule has 0 spiro atoms. The molecule has 0 unspecified atom stereocenters. The number of hydrogen-bond acceptors (Lipinski definition) is 4. The Hall–Kier alpha value is -2.10. The number of nitrogens with one attached hydrogen (secondary N) is 1. The van der Waals surface area contributed by atoms with Crippen molar-refractivity contribution in [3.63, 3.8) is 0 Å². The summed E-state index contributed by atoms with van der Waals surface area (Å²) in [6, 6.07) is 8.33. The predicted octanol–water partition coefficient (Wildman–Crippen LogP) is 3.71. The Morgan fingerprint density at radius 3 is 2.55 bits per heavy atom. The molecule has 0 saturated heterocycles. The molecule has 1 aromatic carbocycles. The van der Waals surface area contributed by atoms with Gasteiger partial charge in [-0.1, -0.05) is 44.9 Å². The van der Waals surface area contributed by atoms with E-state index in [1.54, 1.807) is 0 Å². The van der Waals surface area contributed by atoms with Gasteiger partial charge in [0.1, 0.15) is 18.0 Å². The van der Waals surface area contributed by atoms with E-state index in [0.717, 1.165) is 42.8 Å². The van der Waals surface area contributed by atoms with Crippen LogP contribution in [0.1, 0.15) is 37.8 Å². The van der Waals surface area contributed by atoms with E-state index in [4.69, 9.17) is 5.73 Å². The lowest BCUT2D eigenvalue weighted by Gasteiger charge is -2.14. The summed E-state index contributed by atoms with van der Waals surface area (Å²) in [5.41, 5.74) is 9.37. The van der Waals surface area contributed by atoms with Gasteiger partial charge in [-0.2, -0.15) is 0 Å². The molecule has 4 heteroatoms. The lowest BCUT2D eigenvalue weighted by molar-refractivity contribution is 0.905. The van der Waals surface area contributed by atoms with Gasteiger partial charge in [-0.3, -0.25) is 0 Å². The van der Waals surface area contributed by atoms with Crippen LogP contribution in [-0.2, 0) is 12.8 Å². The van der Waals surface area contributed by atoms with E-state index in [1.165, 1.54) is 11.9 Å². The number of nitrogen functional groups attached to an aromatic ring is 1. The van der Waals surface area contributed by atoms with Crippen LogP contribution in [0.2, 0.25) is 0 Å². The lowest BCUT2D eigenvalue weighted by Crippen LogP contribution is -2.06. The average Bonchev–Trinajstić information content (AvgIpc) is 2.45. The molecule has 0 amide bonds. The molecule has 2 aromatic rings. The molecule has 0 bridgehead atoms. The first-order valence-corrected chi connectivity index (χ1v) is 7.20. The van der Waals surface area contributed by atoms with Gasteiger partial charge >= 0.3 is 0 Å². The lowest BCUT2D eigenvalue weighted by atomic mass is 10.1. The summed E-state index contributed by atoms with van der Waals surface area (Å²) in [4.78, 5) is 8.44. The zero-order valence-electron chi connectivity index (χ0n) is 12.2. The van der Waals surface area contributed by atoms with Crippen molar-refractivity contribution in [1.82, 2.24) is 9.97 Å². The Bertz CT molecular complexity index is 566. The van der Waals surface area contributed by atoms with Crippen LogP contribution in [-0.4, -0.2) is 9.97 Å². The summed E-state index contributed by atoms with van der Waals surface area (Å²) in [5.74, 6) is 1.39. The minimum absolute atomic E-state index is 0.567. The van der Waals surface area contributed by atoms with E-state index in [1.807, 2.05) is 6.07 Å². The van der Waals surface area contributed by atoms with Crippen molar-refractivity contribution in [2.45, 2.75) is 39.5 Å². The molecule has 2 rings (SSSR count). The number of benzene rings is 1. The number of rotatable bonds is 6. The topological polar surface area (TPSA) is 63.8 Å². The zero-order valence-corrected chi connectivity index (χ0v) is 12.2. The fourth-order valence-corrected chi connectivity index (χ4v) is 2.29. The van der Waals surface area contributed by atoms with E-state index in [-0.39, 0.29) is 0 Å². The second-order valence-electron chi connectivity index (χ2n) is 4.87. The maximum Gasteiger partial charge on any atom is 0.139 e. The first kappa shape index (κ1) is 14.3. The molecule has 0 aliphatic heterocycles. The average molecular weight is 270 g/mol. The van der Waals surface area contributed by atoms with Crippen molar-refractivity contribution in [2.24, 2.45) is 0 Å². The fourth-order valence-electron chi connectivity index (χ4n) is 2.29. The molecule has 1 aromatic heterocycles. The molecule has 106 valence electrons. The van der Waals surface area contributed by atoms with Gasteiger partial charge in [-0.25, -0.2) is 9.97 Å².